The van der Waals surface area contributed by atoms with Gasteiger partial charge < -0.3 is 9.64 Å². The highest BCUT2D eigenvalue weighted by Gasteiger charge is 2.30. The molecule has 0 spiro atoms. The fourth-order valence-electron chi connectivity index (χ4n) is 3.18. The number of carbonyl (C=O) groups excluding carboxylic acids is 1. The number of aromatic nitrogens is 3. The maximum Gasteiger partial charge on any atom is 0.246 e. The predicted molar refractivity (Wildman–Crippen MR) is 94.3 cm³/mol. The molecule has 1 aromatic carbocycles. The average Bonchev–Trinajstić information content (AvgIpc) is 3.18. The summed E-state index contributed by atoms with van der Waals surface area (Å²) in [7, 11) is 1.64. The van der Waals surface area contributed by atoms with Crippen LogP contribution in [-0.4, -0.2) is 46.0 Å². The largest absolute Gasteiger partial charge is 0.497 e. The summed E-state index contributed by atoms with van der Waals surface area (Å²) in [5.41, 5.74) is 2.08. The van der Waals surface area contributed by atoms with Gasteiger partial charge in [0.15, 0.2) is 0 Å². The fraction of sp³-hybridized carbons (Fsp3) is 0.421. The first-order valence-electron chi connectivity index (χ1n) is 8.75. The lowest BCUT2D eigenvalue weighted by Gasteiger charge is -2.14. The molecule has 6 nitrogen and oxygen atoms in total. The van der Waals surface area contributed by atoms with Gasteiger partial charge >= 0.3 is 0 Å². The molecule has 4 rings (SSSR count). The predicted octanol–water partition coefficient (Wildman–Crippen LogP) is 2.65. The lowest BCUT2D eigenvalue weighted by molar-refractivity contribution is -0.125. The van der Waals surface area contributed by atoms with Crippen LogP contribution in [-0.2, 0) is 4.79 Å². The number of methoxy groups -OCH3 is 1. The first kappa shape index (κ1) is 15.9. The second-order valence-electron chi connectivity index (χ2n) is 6.73. The number of benzene rings is 1. The van der Waals surface area contributed by atoms with Crippen LogP contribution >= 0.6 is 0 Å². The summed E-state index contributed by atoms with van der Waals surface area (Å²) in [6.07, 6.45) is 8.92. The van der Waals surface area contributed by atoms with Crippen molar-refractivity contribution in [1.82, 2.24) is 19.9 Å². The molecule has 6 heteroatoms. The Morgan fingerprint density at radius 1 is 1.24 bits per heavy atom. The quantitative estimate of drug-likeness (QED) is 0.787. The number of amides is 1. The van der Waals surface area contributed by atoms with Crippen molar-refractivity contribution >= 4 is 12.0 Å². The highest BCUT2D eigenvalue weighted by atomic mass is 16.5. The third-order valence-electron chi connectivity index (χ3n) is 4.91. The van der Waals surface area contributed by atoms with Gasteiger partial charge in [-0.2, -0.15) is 0 Å². The third kappa shape index (κ3) is 3.57. The van der Waals surface area contributed by atoms with Crippen LogP contribution < -0.4 is 4.74 Å². The van der Waals surface area contributed by atoms with Crippen molar-refractivity contribution in [1.29, 1.82) is 0 Å². The topological polar surface area (TPSA) is 60.2 Å². The summed E-state index contributed by atoms with van der Waals surface area (Å²) in [5, 5.41) is 8.53. The Morgan fingerprint density at radius 3 is 2.76 bits per heavy atom. The van der Waals surface area contributed by atoms with Crippen LogP contribution in [0.2, 0.25) is 0 Å². The lowest BCUT2D eigenvalue weighted by Crippen LogP contribution is -2.27. The van der Waals surface area contributed by atoms with Gasteiger partial charge in [0.25, 0.3) is 0 Å². The Kier molecular flexibility index (Phi) is 4.26. The van der Waals surface area contributed by atoms with Crippen molar-refractivity contribution in [2.24, 2.45) is 0 Å². The van der Waals surface area contributed by atoms with Gasteiger partial charge in [0.2, 0.25) is 5.91 Å². The van der Waals surface area contributed by atoms with Crippen LogP contribution in [0.4, 0.5) is 0 Å². The molecule has 130 valence electrons. The summed E-state index contributed by atoms with van der Waals surface area (Å²) in [5.74, 6) is 1.46. The second kappa shape index (κ2) is 6.70. The number of rotatable bonds is 5. The first-order valence-corrected chi connectivity index (χ1v) is 8.75. The Bertz CT molecular complexity index is 777. The molecule has 1 unspecified atom stereocenters. The Balaban J connectivity index is 1.35. The molecular weight excluding hydrogens is 316 g/mol. The molecule has 25 heavy (non-hydrogen) atoms. The zero-order chi connectivity index (χ0) is 17.2. The molecule has 1 aliphatic carbocycles. The maximum atomic E-state index is 12.4. The van der Waals surface area contributed by atoms with E-state index in [1.807, 2.05) is 39.9 Å². The molecule has 2 fully saturated rings. The van der Waals surface area contributed by atoms with Crippen LogP contribution in [0.15, 0.2) is 36.5 Å². The van der Waals surface area contributed by atoms with E-state index >= 15 is 0 Å². The van der Waals surface area contributed by atoms with E-state index in [0.29, 0.717) is 12.5 Å². The van der Waals surface area contributed by atoms with E-state index in [1.54, 1.807) is 13.2 Å². The average molecular weight is 338 g/mol. The number of hydrogen-bond acceptors (Lipinski definition) is 4. The summed E-state index contributed by atoms with van der Waals surface area (Å²) < 4.78 is 7.08. The van der Waals surface area contributed by atoms with Gasteiger partial charge in [0.05, 0.1) is 18.8 Å². The Labute approximate surface area is 147 Å². The smallest absolute Gasteiger partial charge is 0.246 e. The van der Waals surface area contributed by atoms with Crippen LogP contribution in [0.5, 0.6) is 5.75 Å². The van der Waals surface area contributed by atoms with Crippen LogP contribution in [0.3, 0.4) is 0 Å². The zero-order valence-electron chi connectivity index (χ0n) is 14.3. The Morgan fingerprint density at radius 2 is 2.04 bits per heavy atom. The van der Waals surface area contributed by atoms with Crippen molar-refractivity contribution in [2.75, 3.05) is 20.2 Å². The minimum absolute atomic E-state index is 0.0425. The molecule has 2 aromatic rings. The number of hydrogen-bond donors (Lipinski definition) is 0. The molecule has 0 bridgehead atoms. The van der Waals surface area contributed by atoms with E-state index in [-0.39, 0.29) is 11.9 Å². The van der Waals surface area contributed by atoms with Gasteiger partial charge in [-0.25, -0.2) is 4.68 Å². The maximum absolute atomic E-state index is 12.4. The van der Waals surface area contributed by atoms with Crippen molar-refractivity contribution in [3.05, 3.63) is 47.8 Å². The summed E-state index contributed by atoms with van der Waals surface area (Å²) in [6, 6.07) is 7.88. The highest BCUT2D eigenvalue weighted by Crippen LogP contribution is 2.39. The van der Waals surface area contributed by atoms with Crippen molar-refractivity contribution < 1.29 is 9.53 Å². The molecule has 1 aliphatic heterocycles. The third-order valence-corrected chi connectivity index (χ3v) is 4.91. The minimum atomic E-state index is 0.0425. The molecule has 0 N–H and O–H groups in total. The molecule has 1 saturated carbocycles. The van der Waals surface area contributed by atoms with Gasteiger partial charge in [0.1, 0.15) is 5.75 Å². The SMILES string of the molecule is COc1ccc(/C=C/C(=O)N2CCC(n3cc(C4CC4)nn3)C2)cc1. The molecule has 2 heterocycles. The van der Waals surface area contributed by atoms with Gasteiger partial charge in [-0.15, -0.1) is 5.10 Å². The molecular formula is C19H22N4O2. The molecule has 1 atom stereocenters. The molecule has 0 radical (unpaired) electrons. The standard InChI is InChI=1S/C19H22N4O2/c1-25-17-7-2-14(3-8-17)4-9-19(24)22-11-10-16(12-22)23-13-18(20-21-23)15-5-6-15/h2-4,7-9,13,15-16H,5-6,10-12H2,1H3/b9-4+. The van der Waals surface area contributed by atoms with Gasteiger partial charge in [0, 0.05) is 31.3 Å². The molecule has 1 aromatic heterocycles. The van der Waals surface area contributed by atoms with E-state index < -0.39 is 0 Å². The monoisotopic (exact) mass is 338 g/mol. The fourth-order valence-corrected chi connectivity index (χ4v) is 3.18. The zero-order valence-corrected chi connectivity index (χ0v) is 14.3. The van der Waals surface area contributed by atoms with Crippen LogP contribution in [0.1, 0.15) is 42.5 Å². The van der Waals surface area contributed by atoms with Gasteiger partial charge in [-0.1, -0.05) is 17.3 Å². The molecule has 2 aliphatic rings. The van der Waals surface area contributed by atoms with Crippen LogP contribution in [0, 0.1) is 0 Å². The number of carbonyl (C=O) groups is 1. The summed E-state index contributed by atoms with van der Waals surface area (Å²) in [4.78, 5) is 14.3. The van der Waals surface area contributed by atoms with Crippen molar-refractivity contribution in [2.45, 2.75) is 31.2 Å². The molecule has 1 amide bonds. The highest BCUT2D eigenvalue weighted by molar-refractivity contribution is 5.92. The van der Waals surface area contributed by atoms with Crippen molar-refractivity contribution in [3.63, 3.8) is 0 Å². The number of nitrogens with zero attached hydrogens (tertiary/aromatic N) is 4. The Hall–Kier alpha value is -2.63. The van der Waals surface area contributed by atoms with E-state index in [2.05, 4.69) is 16.5 Å². The van der Waals surface area contributed by atoms with E-state index in [0.717, 1.165) is 30.0 Å². The van der Waals surface area contributed by atoms with Crippen molar-refractivity contribution in [3.8, 4) is 5.75 Å². The number of ether oxygens (including phenoxy) is 1. The lowest BCUT2D eigenvalue weighted by atomic mass is 10.2. The van der Waals surface area contributed by atoms with E-state index in [4.69, 9.17) is 4.74 Å². The normalized spacial score (nSPS) is 20.4. The first-order chi connectivity index (χ1) is 12.2. The van der Waals surface area contributed by atoms with Gasteiger partial charge in [-0.3, -0.25) is 4.79 Å². The summed E-state index contributed by atoms with van der Waals surface area (Å²) in [6.45, 7) is 1.45. The number of likely N-dealkylation sites (tertiary alicyclic amines) is 1. The van der Waals surface area contributed by atoms with E-state index in [1.165, 1.54) is 12.8 Å². The van der Waals surface area contributed by atoms with Crippen LogP contribution in [0.25, 0.3) is 6.08 Å². The van der Waals surface area contributed by atoms with Gasteiger partial charge in [-0.05, 0) is 43.0 Å². The summed E-state index contributed by atoms with van der Waals surface area (Å²) >= 11 is 0. The molecule has 1 saturated heterocycles. The van der Waals surface area contributed by atoms with E-state index in [9.17, 15) is 4.79 Å². The minimum Gasteiger partial charge on any atom is -0.497 e. The second-order valence-corrected chi connectivity index (χ2v) is 6.73.